The highest BCUT2D eigenvalue weighted by atomic mass is 15.0. The summed E-state index contributed by atoms with van der Waals surface area (Å²) in [4.78, 5) is 8.51. The highest BCUT2D eigenvalue weighted by molar-refractivity contribution is 5.27. The van der Waals surface area contributed by atoms with Gasteiger partial charge in [0, 0.05) is 16.5 Å². The van der Waals surface area contributed by atoms with Gasteiger partial charge in [0.2, 0.25) is 0 Å². The van der Waals surface area contributed by atoms with E-state index in [-0.39, 0.29) is 10.8 Å². The summed E-state index contributed by atoms with van der Waals surface area (Å²) < 4.78 is 0. The summed E-state index contributed by atoms with van der Waals surface area (Å²) in [6, 6.07) is 0. The van der Waals surface area contributed by atoms with Crippen molar-refractivity contribution in [2.24, 2.45) is 0 Å². The van der Waals surface area contributed by atoms with E-state index in [4.69, 9.17) is 4.98 Å². The van der Waals surface area contributed by atoms with E-state index < -0.39 is 0 Å². The van der Waals surface area contributed by atoms with Gasteiger partial charge < -0.3 is 4.98 Å². The summed E-state index contributed by atoms with van der Waals surface area (Å²) in [6.07, 6.45) is 2.38. The maximum atomic E-state index is 4.94. The molecule has 0 unspecified atom stereocenters. The van der Waals surface area contributed by atoms with Crippen LogP contribution < -0.4 is 0 Å². The third-order valence-corrected chi connectivity index (χ3v) is 3.54. The first-order valence-corrected chi connectivity index (χ1v) is 7.20. The van der Waals surface area contributed by atoms with Crippen LogP contribution in [0.4, 0.5) is 0 Å². The van der Waals surface area contributed by atoms with Crippen molar-refractivity contribution in [2.75, 3.05) is 0 Å². The summed E-state index contributed by atoms with van der Waals surface area (Å²) in [6.45, 7) is 18.0. The lowest BCUT2D eigenvalue weighted by molar-refractivity contribution is 0.451. The number of aromatic nitrogens is 2. The molecule has 0 radical (unpaired) electrons. The molecule has 0 bridgehead atoms. The van der Waals surface area contributed by atoms with Crippen molar-refractivity contribution in [3.8, 4) is 0 Å². The van der Waals surface area contributed by atoms with Gasteiger partial charge in [-0.2, -0.15) is 0 Å². The van der Waals surface area contributed by atoms with Crippen LogP contribution in [0.5, 0.6) is 0 Å². The lowest BCUT2D eigenvalue weighted by Crippen LogP contribution is -2.20. The second kappa shape index (κ2) is 5.07. The van der Waals surface area contributed by atoms with Crippen LogP contribution in [0.25, 0.3) is 0 Å². The monoisotopic (exact) mass is 250 g/mol. The third-order valence-electron chi connectivity index (χ3n) is 3.54. The maximum Gasteiger partial charge on any atom is 0.112 e. The van der Waals surface area contributed by atoms with Crippen molar-refractivity contribution < 1.29 is 0 Å². The number of nitrogens with one attached hydrogen (secondary N) is 1. The zero-order valence-electron chi connectivity index (χ0n) is 13.4. The van der Waals surface area contributed by atoms with E-state index in [0.29, 0.717) is 5.92 Å². The van der Waals surface area contributed by atoms with Crippen LogP contribution in [0.3, 0.4) is 0 Å². The van der Waals surface area contributed by atoms with E-state index in [9.17, 15) is 0 Å². The molecule has 2 nitrogen and oxygen atoms in total. The Hall–Kier alpha value is -0.790. The molecule has 0 amide bonds. The van der Waals surface area contributed by atoms with Crippen molar-refractivity contribution in [1.82, 2.24) is 9.97 Å². The highest BCUT2D eigenvalue weighted by Crippen LogP contribution is 2.34. The summed E-state index contributed by atoms with van der Waals surface area (Å²) in [5, 5.41) is 0. The molecule has 104 valence electrons. The minimum absolute atomic E-state index is 0.0875. The van der Waals surface area contributed by atoms with Crippen molar-refractivity contribution in [3.63, 3.8) is 0 Å². The van der Waals surface area contributed by atoms with E-state index in [2.05, 4.69) is 60.4 Å². The molecule has 0 atom stereocenters. The van der Waals surface area contributed by atoms with Crippen LogP contribution in [0.15, 0.2) is 0 Å². The fraction of sp³-hybridized carbons (Fsp3) is 0.812. The van der Waals surface area contributed by atoms with Crippen LogP contribution in [0.2, 0.25) is 0 Å². The summed E-state index contributed by atoms with van der Waals surface area (Å²) in [5.74, 6) is 1.62. The van der Waals surface area contributed by atoms with Gasteiger partial charge in [-0.1, -0.05) is 61.8 Å². The molecular formula is C16H30N2. The lowest BCUT2D eigenvalue weighted by Gasteiger charge is -2.24. The zero-order chi connectivity index (χ0) is 14.1. The first-order chi connectivity index (χ1) is 8.09. The fourth-order valence-electron chi connectivity index (χ4n) is 2.42. The number of hydrogen-bond donors (Lipinski definition) is 1. The Labute approximate surface area is 113 Å². The minimum atomic E-state index is 0.0875. The molecule has 2 heteroatoms. The maximum absolute atomic E-state index is 4.94. The average Bonchev–Trinajstić information content (AvgIpc) is 2.61. The highest BCUT2D eigenvalue weighted by Gasteiger charge is 2.30. The molecule has 0 saturated heterocycles. The molecule has 1 aromatic heterocycles. The molecule has 1 aromatic rings. The number of rotatable bonds is 4. The van der Waals surface area contributed by atoms with E-state index in [1.54, 1.807) is 0 Å². The SMILES string of the molecule is CCCC(C)(C)c1nc(C(C)(C)C)[nH]c1C(C)C. The predicted molar refractivity (Wildman–Crippen MR) is 79.3 cm³/mol. The third kappa shape index (κ3) is 3.15. The van der Waals surface area contributed by atoms with E-state index in [1.807, 2.05) is 0 Å². The van der Waals surface area contributed by atoms with Gasteiger partial charge in [0.1, 0.15) is 5.82 Å². The Morgan fingerprint density at radius 3 is 2.06 bits per heavy atom. The molecule has 0 fully saturated rings. The van der Waals surface area contributed by atoms with Crippen LogP contribution in [0.1, 0.15) is 91.4 Å². The zero-order valence-corrected chi connectivity index (χ0v) is 13.4. The normalized spacial score (nSPS) is 13.4. The molecule has 18 heavy (non-hydrogen) atoms. The number of aromatic amines is 1. The van der Waals surface area contributed by atoms with Crippen LogP contribution >= 0.6 is 0 Å². The number of nitrogens with zero attached hydrogens (tertiary/aromatic N) is 1. The van der Waals surface area contributed by atoms with Gasteiger partial charge in [-0.05, 0) is 12.3 Å². The predicted octanol–water partition coefficient (Wildman–Crippen LogP) is 4.91. The lowest BCUT2D eigenvalue weighted by atomic mass is 9.82. The second-order valence-electron chi connectivity index (χ2n) is 7.39. The molecule has 0 aliphatic heterocycles. The summed E-state index contributed by atoms with van der Waals surface area (Å²) >= 11 is 0. The van der Waals surface area contributed by atoms with Gasteiger partial charge >= 0.3 is 0 Å². The van der Waals surface area contributed by atoms with Gasteiger partial charge in [-0.25, -0.2) is 4.98 Å². The average molecular weight is 250 g/mol. The minimum Gasteiger partial charge on any atom is -0.345 e. The van der Waals surface area contributed by atoms with Crippen LogP contribution in [0, 0.1) is 0 Å². The molecule has 0 spiro atoms. The van der Waals surface area contributed by atoms with Gasteiger partial charge in [0.05, 0.1) is 5.69 Å². The first kappa shape index (κ1) is 15.3. The number of H-pyrrole nitrogens is 1. The van der Waals surface area contributed by atoms with Crippen molar-refractivity contribution in [3.05, 3.63) is 17.2 Å². The van der Waals surface area contributed by atoms with Crippen molar-refractivity contribution in [2.45, 2.75) is 85.0 Å². The van der Waals surface area contributed by atoms with Crippen LogP contribution in [-0.4, -0.2) is 9.97 Å². The van der Waals surface area contributed by atoms with Gasteiger partial charge in [0.15, 0.2) is 0 Å². The molecule has 1 rings (SSSR count). The molecule has 0 aromatic carbocycles. The molecule has 1 heterocycles. The Balaban J connectivity index is 3.29. The van der Waals surface area contributed by atoms with Gasteiger partial charge in [-0.3, -0.25) is 0 Å². The first-order valence-electron chi connectivity index (χ1n) is 7.20. The Kier molecular flexibility index (Phi) is 4.30. The summed E-state index contributed by atoms with van der Waals surface area (Å²) in [5.41, 5.74) is 2.83. The van der Waals surface area contributed by atoms with Crippen LogP contribution in [-0.2, 0) is 10.8 Å². The smallest absolute Gasteiger partial charge is 0.112 e. The largest absolute Gasteiger partial charge is 0.345 e. The van der Waals surface area contributed by atoms with E-state index in [0.717, 1.165) is 5.82 Å². The number of imidazole rings is 1. The fourth-order valence-corrected chi connectivity index (χ4v) is 2.42. The molecule has 1 N–H and O–H groups in total. The van der Waals surface area contributed by atoms with E-state index in [1.165, 1.54) is 24.2 Å². The Morgan fingerprint density at radius 2 is 1.67 bits per heavy atom. The topological polar surface area (TPSA) is 28.7 Å². The van der Waals surface area contributed by atoms with Crippen molar-refractivity contribution in [1.29, 1.82) is 0 Å². The molecule has 0 aliphatic carbocycles. The number of hydrogen-bond acceptors (Lipinski definition) is 1. The van der Waals surface area contributed by atoms with Crippen molar-refractivity contribution >= 4 is 0 Å². The van der Waals surface area contributed by atoms with E-state index >= 15 is 0 Å². The Morgan fingerprint density at radius 1 is 1.11 bits per heavy atom. The molecule has 0 aliphatic rings. The summed E-state index contributed by atoms with van der Waals surface area (Å²) in [7, 11) is 0. The molecular weight excluding hydrogens is 220 g/mol. The quantitative estimate of drug-likeness (QED) is 0.808. The van der Waals surface area contributed by atoms with Gasteiger partial charge in [0.25, 0.3) is 0 Å². The Bertz CT molecular complexity index is 392. The van der Waals surface area contributed by atoms with Gasteiger partial charge in [-0.15, -0.1) is 0 Å². The molecule has 0 saturated carbocycles. The standard InChI is InChI=1S/C16H30N2/c1-9-10-16(7,8)13-12(11(2)3)17-14(18-13)15(4,5)6/h11H,9-10H2,1-8H3,(H,17,18). The second-order valence-corrected chi connectivity index (χ2v) is 7.39.